The lowest BCUT2D eigenvalue weighted by Gasteiger charge is -2.28. The fraction of sp³-hybridized carbons (Fsp3) is 0.958. The van der Waals surface area contributed by atoms with Crippen LogP contribution in [-0.4, -0.2) is 36.6 Å². The highest BCUT2D eigenvalue weighted by molar-refractivity contribution is 14.1. The lowest BCUT2D eigenvalue weighted by molar-refractivity contribution is -0.141. The van der Waals surface area contributed by atoms with Crippen LogP contribution in [0.4, 0.5) is 0 Å². The van der Waals surface area contributed by atoms with Crippen molar-refractivity contribution < 1.29 is 9.53 Å². The van der Waals surface area contributed by atoms with Crippen LogP contribution in [0.15, 0.2) is 0 Å². The molecule has 0 saturated heterocycles. The smallest absolute Gasteiger partial charge is 0.320 e. The number of carbonyl (C=O) groups is 1. The van der Waals surface area contributed by atoms with Crippen molar-refractivity contribution in [2.24, 2.45) is 0 Å². The molecule has 0 saturated carbocycles. The van der Waals surface area contributed by atoms with Crippen molar-refractivity contribution in [3.8, 4) is 0 Å². The van der Waals surface area contributed by atoms with E-state index in [1.165, 1.54) is 101 Å². The van der Waals surface area contributed by atoms with Gasteiger partial charge in [0.05, 0.1) is 6.61 Å². The molecule has 0 radical (unpaired) electrons. The van der Waals surface area contributed by atoms with Gasteiger partial charge in [-0.2, -0.15) is 0 Å². The minimum absolute atomic E-state index is 0.0649. The van der Waals surface area contributed by atoms with Gasteiger partial charge >= 0.3 is 5.97 Å². The van der Waals surface area contributed by atoms with Crippen LogP contribution < -0.4 is 0 Å². The molecule has 0 rings (SSSR count). The van der Waals surface area contributed by atoms with E-state index in [0.717, 1.165) is 0 Å². The van der Waals surface area contributed by atoms with E-state index >= 15 is 0 Å². The topological polar surface area (TPSA) is 26.3 Å². The first-order valence-corrected chi connectivity index (χ1v) is 20.0. The zero-order valence-electron chi connectivity index (χ0n) is 19.5. The van der Waals surface area contributed by atoms with E-state index in [-0.39, 0.29) is 9.89 Å². The summed E-state index contributed by atoms with van der Waals surface area (Å²) in [6.07, 6.45) is 21.2. The van der Waals surface area contributed by atoms with Crippen molar-refractivity contribution >= 4 is 142 Å². The summed E-state index contributed by atoms with van der Waals surface area (Å²) in [6.45, 7) is 2.35. The highest BCUT2D eigenvalue weighted by Gasteiger charge is 2.35. The monoisotopic (exact) mass is 1120 g/mol. The Balaban J connectivity index is 3.69. The summed E-state index contributed by atoms with van der Waals surface area (Å²) < 4.78 is 8.49. The van der Waals surface area contributed by atoms with E-state index in [9.17, 15) is 4.79 Å². The van der Waals surface area contributed by atoms with Crippen LogP contribution >= 0.6 is 136 Å². The molecule has 0 aliphatic carbocycles. The molecule has 0 bridgehead atoms. The first kappa shape index (κ1) is 35.9. The Kier molecular flexibility index (Phi) is 28.2. The van der Waals surface area contributed by atoms with Crippen molar-refractivity contribution in [3.63, 3.8) is 0 Å². The maximum absolute atomic E-state index is 12.1. The van der Waals surface area contributed by atoms with E-state index in [2.05, 4.69) is 136 Å². The van der Waals surface area contributed by atoms with Gasteiger partial charge in [-0.15, -0.1) is 0 Å². The van der Waals surface area contributed by atoms with Crippen LogP contribution in [0, 0.1) is 0 Å². The zero-order chi connectivity index (χ0) is 24.2. The van der Waals surface area contributed by atoms with Gasteiger partial charge in [0, 0.05) is 15.7 Å². The molecular weight excluding hydrogens is 1080 g/mol. The van der Waals surface area contributed by atoms with Gasteiger partial charge in [0.2, 0.25) is 0 Å². The molecule has 0 N–H and O–H groups in total. The number of esters is 1. The van der Waals surface area contributed by atoms with Crippen molar-refractivity contribution in [3.05, 3.63) is 0 Å². The summed E-state index contributed by atoms with van der Waals surface area (Å²) in [5, 5.41) is 0. The first-order chi connectivity index (χ1) is 15.4. The van der Waals surface area contributed by atoms with Crippen LogP contribution in [0.3, 0.4) is 0 Å². The number of hydrogen-bond acceptors (Lipinski definition) is 2. The van der Waals surface area contributed by atoms with E-state index in [1.807, 2.05) is 6.92 Å². The predicted molar refractivity (Wildman–Crippen MR) is 194 cm³/mol. The third-order valence-corrected chi connectivity index (χ3v) is 19.2. The molecule has 0 aliphatic heterocycles. The maximum atomic E-state index is 12.1. The van der Waals surface area contributed by atoms with Gasteiger partial charge in [-0.1, -0.05) is 219 Å². The minimum Gasteiger partial charge on any atom is -0.465 e. The van der Waals surface area contributed by atoms with E-state index < -0.39 is 0 Å². The Hall–Kier alpha value is 3.85. The third-order valence-electron chi connectivity index (χ3n) is 5.61. The normalized spacial score (nSPS) is 16.3. The second-order valence-corrected chi connectivity index (χ2v) is 16.8. The molecule has 0 aromatic carbocycles. The molecular formula is C24H42I6O2. The molecule has 0 spiro atoms. The van der Waals surface area contributed by atoms with Gasteiger partial charge in [0.25, 0.3) is 0 Å². The molecule has 0 fully saturated rings. The molecule has 2 nitrogen and oxygen atoms in total. The average Bonchev–Trinajstić information content (AvgIpc) is 2.79. The molecule has 0 aromatic heterocycles. The van der Waals surface area contributed by atoms with Crippen LogP contribution in [0.25, 0.3) is 0 Å². The lowest BCUT2D eigenvalue weighted by atomic mass is 10.0. The van der Waals surface area contributed by atoms with E-state index in [1.54, 1.807) is 0 Å². The molecule has 0 aliphatic rings. The summed E-state index contributed by atoms with van der Waals surface area (Å²) in [4.78, 5) is 12.1. The molecule has 8 heteroatoms. The molecule has 0 amide bonds. The van der Waals surface area contributed by atoms with Crippen LogP contribution in [0.1, 0.15) is 103 Å². The number of carbonyl (C=O) groups excluding carboxylic acids is 1. The standard InChI is InChI=1S/C24H42I6O2/c1-2-32-24(31)23(30)22(29)21(28)20(27)19(26)17-15-13-11-9-7-5-3-4-6-8-10-12-14-16-18-25/h19-23H,2-18H2,1H3. The van der Waals surface area contributed by atoms with Crippen molar-refractivity contribution in [1.29, 1.82) is 0 Å². The Morgan fingerprint density at radius 3 is 1.44 bits per heavy atom. The first-order valence-electron chi connectivity index (χ1n) is 12.3. The fourth-order valence-corrected chi connectivity index (χ4v) is 10.5. The Labute approximate surface area is 280 Å². The van der Waals surface area contributed by atoms with Crippen LogP contribution in [0.5, 0.6) is 0 Å². The third kappa shape index (κ3) is 19.0. The fourth-order valence-electron chi connectivity index (χ4n) is 3.60. The number of hydrogen-bond donors (Lipinski definition) is 0. The molecule has 192 valence electrons. The SMILES string of the molecule is CCOC(=O)C(I)C(I)C(I)C(I)C(I)CCCCCCCCCCCCCCCCI. The van der Waals surface area contributed by atoms with E-state index in [4.69, 9.17) is 4.74 Å². The molecule has 0 heterocycles. The number of halogens is 6. The summed E-state index contributed by atoms with van der Waals surface area (Å²) >= 11 is 15.0. The van der Waals surface area contributed by atoms with E-state index in [0.29, 0.717) is 22.3 Å². The largest absolute Gasteiger partial charge is 0.465 e. The van der Waals surface area contributed by atoms with Crippen molar-refractivity contribution in [2.75, 3.05) is 11.0 Å². The summed E-state index contributed by atoms with van der Waals surface area (Å²) in [5.74, 6) is -0.0649. The highest BCUT2D eigenvalue weighted by Crippen LogP contribution is 2.35. The minimum atomic E-state index is -0.0681. The van der Waals surface area contributed by atoms with Gasteiger partial charge in [-0.25, -0.2) is 0 Å². The highest BCUT2D eigenvalue weighted by atomic mass is 127. The van der Waals surface area contributed by atoms with Gasteiger partial charge in [-0.05, 0) is 24.2 Å². The number of rotatable bonds is 22. The second-order valence-electron chi connectivity index (χ2n) is 8.43. The molecule has 32 heavy (non-hydrogen) atoms. The molecule has 5 atom stereocenters. The zero-order valence-corrected chi connectivity index (χ0v) is 32.4. The predicted octanol–water partition coefficient (Wildman–Crippen LogP) is 10.9. The average molecular weight is 1120 g/mol. The number of alkyl halides is 6. The lowest BCUT2D eigenvalue weighted by Crippen LogP contribution is -2.39. The maximum Gasteiger partial charge on any atom is 0.320 e. The summed E-state index contributed by atoms with van der Waals surface area (Å²) in [6, 6.07) is 0. The Morgan fingerprint density at radius 2 is 1.03 bits per heavy atom. The van der Waals surface area contributed by atoms with Gasteiger partial charge in [0.1, 0.15) is 3.92 Å². The number of unbranched alkanes of at least 4 members (excludes halogenated alkanes) is 13. The molecule has 5 unspecified atom stereocenters. The van der Waals surface area contributed by atoms with Gasteiger partial charge in [0.15, 0.2) is 0 Å². The summed E-state index contributed by atoms with van der Waals surface area (Å²) in [7, 11) is 0. The number of ether oxygens (including phenoxy) is 1. The van der Waals surface area contributed by atoms with Crippen molar-refractivity contribution in [2.45, 2.75) is 123 Å². The van der Waals surface area contributed by atoms with Crippen molar-refractivity contribution in [1.82, 2.24) is 0 Å². The summed E-state index contributed by atoms with van der Waals surface area (Å²) in [5.41, 5.74) is 0. The molecule has 0 aromatic rings. The van der Waals surface area contributed by atoms with Crippen LogP contribution in [-0.2, 0) is 9.53 Å². The van der Waals surface area contributed by atoms with Gasteiger partial charge < -0.3 is 4.74 Å². The second kappa shape index (κ2) is 25.1. The quantitative estimate of drug-likeness (QED) is 0.0467. The van der Waals surface area contributed by atoms with Crippen LogP contribution in [0.2, 0.25) is 0 Å². The van der Waals surface area contributed by atoms with Gasteiger partial charge in [-0.3, -0.25) is 4.79 Å². The Bertz CT molecular complexity index is 441. The Morgan fingerprint density at radius 1 is 0.625 bits per heavy atom.